The lowest BCUT2D eigenvalue weighted by Crippen LogP contribution is -2.02. The van der Waals surface area contributed by atoms with Gasteiger partial charge in [0.1, 0.15) is 0 Å². The van der Waals surface area contributed by atoms with E-state index in [0.717, 1.165) is 33.5 Å². The zero-order valence-electron chi connectivity index (χ0n) is 31.2. The lowest BCUT2D eigenvalue weighted by Gasteiger charge is -2.16. The third-order valence-corrected chi connectivity index (χ3v) is 12.6. The predicted octanol–water partition coefficient (Wildman–Crippen LogP) is 14.3. The molecule has 0 saturated carbocycles. The summed E-state index contributed by atoms with van der Waals surface area (Å²) in [5.41, 5.74) is 8.38. The van der Waals surface area contributed by atoms with E-state index in [1.165, 1.54) is 63.5 Å². The minimum atomic E-state index is 0.628. The fourth-order valence-corrected chi connectivity index (χ4v) is 9.77. The number of thiophene rings is 1. The van der Waals surface area contributed by atoms with Crippen molar-refractivity contribution in [1.82, 2.24) is 19.5 Å². The molecule has 3 aromatic heterocycles. The summed E-state index contributed by atoms with van der Waals surface area (Å²) in [5.74, 6) is 1.91. The number of benzene rings is 9. The van der Waals surface area contributed by atoms with E-state index in [2.05, 4.69) is 162 Å². The Labute approximate surface area is 338 Å². The average Bonchev–Trinajstić information content (AvgIpc) is 3.83. The second-order valence-corrected chi connectivity index (χ2v) is 15.9. The number of hydrogen-bond donors (Lipinski definition) is 0. The first-order chi connectivity index (χ1) is 28.7. The van der Waals surface area contributed by atoms with Crippen molar-refractivity contribution in [3.8, 4) is 51.0 Å². The van der Waals surface area contributed by atoms with E-state index in [1.54, 1.807) is 0 Å². The largest absolute Gasteiger partial charge is 0.309 e. The molecule has 0 radical (unpaired) electrons. The minimum absolute atomic E-state index is 0.628. The van der Waals surface area contributed by atoms with Crippen molar-refractivity contribution in [1.29, 1.82) is 0 Å². The Morgan fingerprint density at radius 3 is 1.72 bits per heavy atom. The molecule has 0 bridgehead atoms. The summed E-state index contributed by atoms with van der Waals surface area (Å²) in [4.78, 5) is 15.5. The van der Waals surface area contributed by atoms with Gasteiger partial charge in [-0.15, -0.1) is 11.3 Å². The molecular weight excluding hydrogens is 725 g/mol. The highest BCUT2D eigenvalue weighted by molar-refractivity contribution is 7.25. The van der Waals surface area contributed by atoms with Gasteiger partial charge in [-0.05, 0) is 87.3 Å². The molecule has 12 rings (SSSR count). The molecule has 0 unspecified atom stereocenters. The van der Waals surface area contributed by atoms with Gasteiger partial charge in [0, 0.05) is 53.3 Å². The maximum atomic E-state index is 5.22. The third kappa shape index (κ3) is 5.25. The zero-order chi connectivity index (χ0) is 38.2. The van der Waals surface area contributed by atoms with Gasteiger partial charge in [0.2, 0.25) is 0 Å². The van der Waals surface area contributed by atoms with Crippen LogP contribution in [-0.4, -0.2) is 19.5 Å². The van der Waals surface area contributed by atoms with E-state index < -0.39 is 0 Å². The van der Waals surface area contributed by atoms with Crippen molar-refractivity contribution >= 4 is 74.9 Å². The van der Waals surface area contributed by atoms with E-state index >= 15 is 0 Å². The highest BCUT2D eigenvalue weighted by Crippen LogP contribution is 2.43. The first kappa shape index (κ1) is 32.7. The van der Waals surface area contributed by atoms with Gasteiger partial charge in [0.05, 0.1) is 11.0 Å². The second kappa shape index (κ2) is 13.1. The summed E-state index contributed by atoms with van der Waals surface area (Å²) < 4.78 is 4.99. The van der Waals surface area contributed by atoms with Crippen LogP contribution in [-0.2, 0) is 0 Å². The molecule has 4 nitrogen and oxygen atoms in total. The number of nitrogens with zero attached hydrogens (tertiary/aromatic N) is 4. The number of rotatable bonds is 5. The Morgan fingerprint density at radius 1 is 0.345 bits per heavy atom. The van der Waals surface area contributed by atoms with Crippen molar-refractivity contribution in [3.63, 3.8) is 0 Å². The molecule has 270 valence electrons. The topological polar surface area (TPSA) is 43.6 Å². The van der Waals surface area contributed by atoms with E-state index in [9.17, 15) is 0 Å². The molecule has 0 amide bonds. The molecular formula is C53H32N4S. The number of fused-ring (bicyclic) bond motifs is 9. The molecule has 0 aliphatic carbocycles. The molecule has 3 heterocycles. The van der Waals surface area contributed by atoms with Crippen molar-refractivity contribution in [2.24, 2.45) is 0 Å². The Balaban J connectivity index is 1.17. The van der Waals surface area contributed by atoms with Crippen LogP contribution in [0.1, 0.15) is 0 Å². The predicted molar refractivity (Wildman–Crippen MR) is 244 cm³/mol. The Morgan fingerprint density at radius 2 is 0.966 bits per heavy atom. The average molecular weight is 757 g/mol. The quantitative estimate of drug-likeness (QED) is 0.176. The van der Waals surface area contributed by atoms with Crippen LogP contribution in [0.5, 0.6) is 0 Å². The second-order valence-electron chi connectivity index (χ2n) is 14.8. The van der Waals surface area contributed by atoms with Gasteiger partial charge >= 0.3 is 0 Å². The first-order valence-electron chi connectivity index (χ1n) is 19.5. The number of hydrogen-bond acceptors (Lipinski definition) is 4. The van der Waals surface area contributed by atoms with Gasteiger partial charge in [-0.1, -0.05) is 140 Å². The first-order valence-corrected chi connectivity index (χ1v) is 20.3. The van der Waals surface area contributed by atoms with Gasteiger partial charge < -0.3 is 4.57 Å². The summed E-state index contributed by atoms with van der Waals surface area (Å²) in [6.45, 7) is 0. The molecule has 5 heteroatoms. The Hall–Kier alpha value is -7.47. The summed E-state index contributed by atoms with van der Waals surface area (Å²) in [5, 5.41) is 9.92. The maximum Gasteiger partial charge on any atom is 0.164 e. The van der Waals surface area contributed by atoms with Gasteiger partial charge in [-0.3, -0.25) is 0 Å². The highest BCUT2D eigenvalue weighted by Gasteiger charge is 2.21. The van der Waals surface area contributed by atoms with Crippen molar-refractivity contribution < 1.29 is 0 Å². The maximum absolute atomic E-state index is 5.22. The lowest BCUT2D eigenvalue weighted by molar-refractivity contribution is 1.07. The molecule has 0 fully saturated rings. The SMILES string of the molecule is c1ccc(-c2nc(-c3ccccc3)nc(-c3ccc(-n4c5cc6ccccc6cc5c5c6ccccc6ccc54)cc3-c3ccc4sc5ccccc5c4c3)n2)cc1. The van der Waals surface area contributed by atoms with Crippen LogP contribution in [0, 0.1) is 0 Å². The summed E-state index contributed by atoms with van der Waals surface area (Å²) in [7, 11) is 0. The van der Waals surface area contributed by atoms with Crippen LogP contribution in [0.25, 0.3) is 115 Å². The smallest absolute Gasteiger partial charge is 0.164 e. The van der Waals surface area contributed by atoms with Gasteiger partial charge in [0.15, 0.2) is 17.5 Å². The van der Waals surface area contributed by atoms with Crippen LogP contribution in [0.4, 0.5) is 0 Å². The number of aromatic nitrogens is 4. The lowest BCUT2D eigenvalue weighted by atomic mass is 9.96. The normalized spacial score (nSPS) is 11.8. The summed E-state index contributed by atoms with van der Waals surface area (Å²) in [6.07, 6.45) is 0. The van der Waals surface area contributed by atoms with Gasteiger partial charge in [-0.25, -0.2) is 15.0 Å². The molecule has 0 spiro atoms. The fourth-order valence-electron chi connectivity index (χ4n) is 8.68. The summed E-state index contributed by atoms with van der Waals surface area (Å²) >= 11 is 1.83. The van der Waals surface area contributed by atoms with E-state index in [-0.39, 0.29) is 0 Å². The van der Waals surface area contributed by atoms with Crippen LogP contribution in [0.2, 0.25) is 0 Å². The molecule has 0 N–H and O–H groups in total. The van der Waals surface area contributed by atoms with Crippen LogP contribution < -0.4 is 0 Å². The van der Waals surface area contributed by atoms with Crippen molar-refractivity contribution in [2.45, 2.75) is 0 Å². The molecule has 58 heavy (non-hydrogen) atoms. The van der Waals surface area contributed by atoms with E-state index in [1.807, 2.05) is 47.7 Å². The van der Waals surface area contributed by atoms with Crippen LogP contribution >= 0.6 is 11.3 Å². The molecule has 0 atom stereocenters. The van der Waals surface area contributed by atoms with E-state index in [0.29, 0.717) is 17.5 Å². The molecule has 12 aromatic rings. The summed E-state index contributed by atoms with van der Waals surface area (Å²) in [6, 6.07) is 69.3. The third-order valence-electron chi connectivity index (χ3n) is 11.4. The standard InChI is InChI=1S/C53H32N4S/c1-3-14-34(15-4-1)51-54-52(35-16-5-2-6-17-35)56-53(55-51)42-26-25-39(32-43(42)38-24-28-49-44(30-38)41-21-11-12-22-48(41)58-49)57-46-27-23-33-13-9-10-20-40(33)50(46)45-29-36-18-7-8-19-37(36)31-47(45)57/h1-32H. The van der Waals surface area contributed by atoms with Crippen molar-refractivity contribution in [3.05, 3.63) is 194 Å². The molecule has 0 aliphatic rings. The Bertz CT molecular complexity index is 3510. The molecule has 9 aromatic carbocycles. The Kier molecular flexibility index (Phi) is 7.37. The van der Waals surface area contributed by atoms with E-state index in [4.69, 9.17) is 15.0 Å². The van der Waals surface area contributed by atoms with Gasteiger partial charge in [0.25, 0.3) is 0 Å². The minimum Gasteiger partial charge on any atom is -0.309 e. The monoisotopic (exact) mass is 756 g/mol. The zero-order valence-corrected chi connectivity index (χ0v) is 32.0. The molecule has 0 aliphatic heterocycles. The van der Waals surface area contributed by atoms with Crippen LogP contribution in [0.15, 0.2) is 194 Å². The highest BCUT2D eigenvalue weighted by atomic mass is 32.1. The molecule has 0 saturated heterocycles. The van der Waals surface area contributed by atoms with Crippen molar-refractivity contribution in [2.75, 3.05) is 0 Å². The fraction of sp³-hybridized carbons (Fsp3) is 0. The van der Waals surface area contributed by atoms with Gasteiger partial charge in [-0.2, -0.15) is 0 Å². The van der Waals surface area contributed by atoms with Crippen LogP contribution in [0.3, 0.4) is 0 Å².